The summed E-state index contributed by atoms with van der Waals surface area (Å²) in [5.74, 6) is 1.59. The molecule has 0 saturated heterocycles. The van der Waals surface area contributed by atoms with E-state index in [4.69, 9.17) is 9.15 Å². The number of nitrogens with one attached hydrogen (secondary N) is 1. The summed E-state index contributed by atoms with van der Waals surface area (Å²) >= 11 is 0. The normalized spacial score (nSPS) is 11.2. The molecule has 19 heavy (non-hydrogen) atoms. The van der Waals surface area contributed by atoms with Gasteiger partial charge in [-0.05, 0) is 26.5 Å². The summed E-state index contributed by atoms with van der Waals surface area (Å²) in [7, 11) is 0. The molecule has 5 nitrogen and oxygen atoms in total. The molecule has 2 rings (SSSR count). The summed E-state index contributed by atoms with van der Waals surface area (Å²) in [5, 5.41) is 7.48. The van der Waals surface area contributed by atoms with E-state index in [0.717, 1.165) is 30.2 Å². The maximum Gasteiger partial charge on any atom is 0.157 e. The SMILES string of the molecule is CCNCc1coc(COc2cnn(C(C)C)c2)c1. The third-order valence-corrected chi connectivity index (χ3v) is 2.78. The average molecular weight is 263 g/mol. The Morgan fingerprint density at radius 2 is 2.32 bits per heavy atom. The predicted octanol–water partition coefficient (Wildman–Crippen LogP) is 2.75. The van der Waals surface area contributed by atoms with Gasteiger partial charge in [0.1, 0.15) is 12.4 Å². The van der Waals surface area contributed by atoms with E-state index in [2.05, 4.69) is 31.2 Å². The second kappa shape index (κ2) is 6.43. The van der Waals surface area contributed by atoms with Crippen molar-refractivity contribution in [1.29, 1.82) is 0 Å². The Kier molecular flexibility index (Phi) is 4.63. The summed E-state index contributed by atoms with van der Waals surface area (Å²) in [6, 6.07) is 2.35. The molecule has 0 aliphatic heterocycles. The Bertz CT molecular complexity index is 502. The molecule has 2 heterocycles. The van der Waals surface area contributed by atoms with Crippen molar-refractivity contribution >= 4 is 0 Å². The van der Waals surface area contributed by atoms with E-state index < -0.39 is 0 Å². The van der Waals surface area contributed by atoms with Gasteiger partial charge in [-0.1, -0.05) is 6.92 Å². The first-order valence-corrected chi connectivity index (χ1v) is 6.63. The Hall–Kier alpha value is -1.75. The molecule has 104 valence electrons. The van der Waals surface area contributed by atoms with Crippen LogP contribution in [0.2, 0.25) is 0 Å². The van der Waals surface area contributed by atoms with Crippen LogP contribution in [0.15, 0.2) is 29.1 Å². The highest BCUT2D eigenvalue weighted by molar-refractivity contribution is 5.15. The van der Waals surface area contributed by atoms with Gasteiger partial charge in [0.15, 0.2) is 5.75 Å². The molecule has 0 aliphatic carbocycles. The molecule has 2 aromatic heterocycles. The van der Waals surface area contributed by atoms with Crippen LogP contribution in [0.4, 0.5) is 0 Å². The summed E-state index contributed by atoms with van der Waals surface area (Å²) in [4.78, 5) is 0. The lowest BCUT2D eigenvalue weighted by Gasteiger charge is -2.03. The van der Waals surface area contributed by atoms with Crippen molar-refractivity contribution in [2.24, 2.45) is 0 Å². The third kappa shape index (κ3) is 3.86. The fourth-order valence-corrected chi connectivity index (χ4v) is 1.70. The number of hydrogen-bond acceptors (Lipinski definition) is 4. The number of furan rings is 1. The second-order valence-electron chi connectivity index (χ2n) is 4.74. The van der Waals surface area contributed by atoms with Crippen molar-refractivity contribution in [3.8, 4) is 5.75 Å². The van der Waals surface area contributed by atoms with E-state index in [-0.39, 0.29) is 0 Å². The smallest absolute Gasteiger partial charge is 0.157 e. The summed E-state index contributed by atoms with van der Waals surface area (Å²) in [6.45, 7) is 8.44. The first-order chi connectivity index (χ1) is 9.19. The van der Waals surface area contributed by atoms with Gasteiger partial charge in [0.2, 0.25) is 0 Å². The van der Waals surface area contributed by atoms with Crippen LogP contribution < -0.4 is 10.1 Å². The standard InChI is InChI=1S/C14H21N3O2/c1-4-15-6-12-5-13(18-9-12)10-19-14-7-16-17(8-14)11(2)3/h5,7-9,11,15H,4,6,10H2,1-3H3. The molecule has 0 unspecified atom stereocenters. The van der Waals surface area contributed by atoms with E-state index >= 15 is 0 Å². The van der Waals surface area contributed by atoms with Crippen LogP contribution in [-0.4, -0.2) is 16.3 Å². The zero-order chi connectivity index (χ0) is 13.7. The van der Waals surface area contributed by atoms with Crippen molar-refractivity contribution in [2.75, 3.05) is 6.54 Å². The number of aromatic nitrogens is 2. The van der Waals surface area contributed by atoms with Crippen molar-refractivity contribution in [2.45, 2.75) is 40.0 Å². The van der Waals surface area contributed by atoms with Gasteiger partial charge in [-0.2, -0.15) is 5.10 Å². The molecule has 0 saturated carbocycles. The maximum absolute atomic E-state index is 5.64. The molecule has 0 radical (unpaired) electrons. The van der Waals surface area contributed by atoms with Gasteiger partial charge in [0, 0.05) is 18.2 Å². The minimum absolute atomic E-state index is 0.340. The van der Waals surface area contributed by atoms with Crippen LogP contribution in [0.25, 0.3) is 0 Å². The highest BCUT2D eigenvalue weighted by atomic mass is 16.5. The lowest BCUT2D eigenvalue weighted by atomic mass is 10.3. The number of rotatable bonds is 7. The maximum atomic E-state index is 5.64. The molecular weight excluding hydrogens is 242 g/mol. The molecule has 0 aliphatic rings. The zero-order valence-corrected chi connectivity index (χ0v) is 11.7. The Morgan fingerprint density at radius 1 is 1.47 bits per heavy atom. The minimum atomic E-state index is 0.340. The molecule has 0 fully saturated rings. The predicted molar refractivity (Wildman–Crippen MR) is 73.0 cm³/mol. The third-order valence-electron chi connectivity index (χ3n) is 2.78. The fraction of sp³-hybridized carbons (Fsp3) is 0.500. The number of ether oxygens (including phenoxy) is 1. The van der Waals surface area contributed by atoms with Gasteiger partial charge in [0.05, 0.1) is 18.7 Å². The van der Waals surface area contributed by atoms with Crippen molar-refractivity contribution in [1.82, 2.24) is 15.1 Å². The molecular formula is C14H21N3O2. The Balaban J connectivity index is 1.85. The zero-order valence-electron chi connectivity index (χ0n) is 11.7. The van der Waals surface area contributed by atoms with E-state index in [1.165, 1.54) is 0 Å². The van der Waals surface area contributed by atoms with Crippen LogP contribution in [0.3, 0.4) is 0 Å². The fourth-order valence-electron chi connectivity index (χ4n) is 1.70. The minimum Gasteiger partial charge on any atom is -0.482 e. The van der Waals surface area contributed by atoms with Gasteiger partial charge in [-0.3, -0.25) is 4.68 Å². The van der Waals surface area contributed by atoms with Crippen LogP contribution in [0, 0.1) is 0 Å². The first-order valence-electron chi connectivity index (χ1n) is 6.63. The van der Waals surface area contributed by atoms with Gasteiger partial charge in [0.25, 0.3) is 0 Å². The summed E-state index contributed by atoms with van der Waals surface area (Å²) in [5.41, 5.74) is 1.14. The van der Waals surface area contributed by atoms with Gasteiger partial charge in [-0.25, -0.2) is 0 Å². The average Bonchev–Trinajstić information content (AvgIpc) is 3.03. The van der Waals surface area contributed by atoms with E-state index in [1.54, 1.807) is 12.5 Å². The molecule has 5 heteroatoms. The number of nitrogens with zero attached hydrogens (tertiary/aromatic N) is 2. The second-order valence-corrected chi connectivity index (χ2v) is 4.74. The van der Waals surface area contributed by atoms with Crippen molar-refractivity contribution in [3.05, 3.63) is 36.0 Å². The highest BCUT2D eigenvalue weighted by Gasteiger charge is 2.05. The van der Waals surface area contributed by atoms with E-state index in [0.29, 0.717) is 12.6 Å². The highest BCUT2D eigenvalue weighted by Crippen LogP contribution is 2.15. The van der Waals surface area contributed by atoms with Crippen LogP contribution >= 0.6 is 0 Å². The van der Waals surface area contributed by atoms with E-state index in [1.807, 2.05) is 16.9 Å². The first kappa shape index (κ1) is 13.7. The summed E-state index contributed by atoms with van der Waals surface area (Å²) < 4.78 is 13.0. The summed E-state index contributed by atoms with van der Waals surface area (Å²) in [6.07, 6.45) is 5.38. The molecule has 0 atom stereocenters. The Morgan fingerprint density at radius 3 is 3.00 bits per heavy atom. The number of hydrogen-bond donors (Lipinski definition) is 1. The van der Waals surface area contributed by atoms with E-state index in [9.17, 15) is 0 Å². The van der Waals surface area contributed by atoms with Gasteiger partial charge < -0.3 is 14.5 Å². The lowest BCUT2D eigenvalue weighted by Crippen LogP contribution is -2.10. The molecule has 1 N–H and O–H groups in total. The van der Waals surface area contributed by atoms with Gasteiger partial charge >= 0.3 is 0 Å². The van der Waals surface area contributed by atoms with Crippen molar-refractivity contribution < 1.29 is 9.15 Å². The Labute approximate surface area is 113 Å². The van der Waals surface area contributed by atoms with Gasteiger partial charge in [-0.15, -0.1) is 0 Å². The molecule has 0 bridgehead atoms. The molecule has 0 aromatic carbocycles. The van der Waals surface area contributed by atoms with Crippen LogP contribution in [0.1, 0.15) is 38.1 Å². The molecule has 0 amide bonds. The topological polar surface area (TPSA) is 52.2 Å². The largest absolute Gasteiger partial charge is 0.482 e. The quantitative estimate of drug-likeness (QED) is 0.834. The van der Waals surface area contributed by atoms with Crippen LogP contribution in [-0.2, 0) is 13.2 Å². The van der Waals surface area contributed by atoms with Crippen molar-refractivity contribution in [3.63, 3.8) is 0 Å². The molecule has 0 spiro atoms. The lowest BCUT2D eigenvalue weighted by molar-refractivity contribution is 0.270. The monoisotopic (exact) mass is 263 g/mol. The van der Waals surface area contributed by atoms with Crippen LogP contribution in [0.5, 0.6) is 5.75 Å². The molecule has 2 aromatic rings.